The van der Waals surface area contributed by atoms with E-state index in [0.717, 1.165) is 12.5 Å². The van der Waals surface area contributed by atoms with E-state index >= 15 is 0 Å². The topological polar surface area (TPSA) is 32.3 Å². The highest BCUT2D eigenvalue weighted by Crippen LogP contribution is 2.35. The number of carbonyl (C=O) groups excluding carboxylic acids is 1. The first-order valence-corrected chi connectivity index (χ1v) is 7.37. The first kappa shape index (κ1) is 11.5. The number of nitrogens with one attached hydrogen (secondary N) is 1. The average Bonchev–Trinajstić information content (AvgIpc) is 3.19. The summed E-state index contributed by atoms with van der Waals surface area (Å²) in [5, 5.41) is 3.36. The predicted molar refractivity (Wildman–Crippen MR) is 67.7 cm³/mol. The van der Waals surface area contributed by atoms with Gasteiger partial charge in [0.1, 0.15) is 0 Å². The lowest BCUT2D eigenvalue weighted by Gasteiger charge is -2.44. The number of hydrogen-bond donors (Lipinski definition) is 1. The van der Waals surface area contributed by atoms with Gasteiger partial charge in [-0.2, -0.15) is 0 Å². The fourth-order valence-electron chi connectivity index (χ4n) is 3.56. The number of likely N-dealkylation sites (tertiary alicyclic amines) is 1. The predicted octanol–water partition coefficient (Wildman–Crippen LogP) is 1.92. The van der Waals surface area contributed by atoms with Crippen LogP contribution in [0.5, 0.6) is 0 Å². The van der Waals surface area contributed by atoms with Gasteiger partial charge < -0.3 is 10.2 Å². The molecule has 1 heterocycles. The third kappa shape index (κ3) is 2.65. The fourth-order valence-corrected chi connectivity index (χ4v) is 3.56. The quantitative estimate of drug-likeness (QED) is 0.812. The number of carbonyl (C=O) groups is 1. The van der Waals surface area contributed by atoms with Crippen molar-refractivity contribution in [1.29, 1.82) is 0 Å². The molecule has 2 aliphatic carbocycles. The lowest BCUT2D eigenvalue weighted by atomic mass is 9.78. The molecular weight excluding hydrogens is 212 g/mol. The van der Waals surface area contributed by atoms with Crippen molar-refractivity contribution in [3.63, 3.8) is 0 Å². The Bertz CT molecular complexity index is 286. The minimum absolute atomic E-state index is 0.355. The molecule has 0 aromatic carbocycles. The number of hydrogen-bond acceptors (Lipinski definition) is 2. The number of amides is 1. The van der Waals surface area contributed by atoms with Crippen LogP contribution in [-0.4, -0.2) is 36.0 Å². The zero-order valence-corrected chi connectivity index (χ0v) is 10.7. The van der Waals surface area contributed by atoms with Crippen LogP contribution < -0.4 is 5.32 Å². The van der Waals surface area contributed by atoms with Crippen LogP contribution in [0.1, 0.15) is 51.4 Å². The van der Waals surface area contributed by atoms with E-state index in [1.54, 1.807) is 0 Å². The second kappa shape index (κ2) is 4.97. The summed E-state index contributed by atoms with van der Waals surface area (Å²) >= 11 is 0. The lowest BCUT2D eigenvalue weighted by Crippen LogP contribution is -2.52. The largest absolute Gasteiger partial charge is 0.338 e. The molecule has 1 saturated heterocycles. The van der Waals surface area contributed by atoms with Gasteiger partial charge in [0.05, 0.1) is 6.54 Å². The van der Waals surface area contributed by atoms with Gasteiger partial charge in [-0.25, -0.2) is 0 Å². The van der Waals surface area contributed by atoms with Crippen LogP contribution in [0.15, 0.2) is 0 Å². The van der Waals surface area contributed by atoms with Crippen LogP contribution in [0.2, 0.25) is 0 Å². The molecule has 0 spiro atoms. The highest BCUT2D eigenvalue weighted by Gasteiger charge is 2.35. The second-order valence-electron chi connectivity index (χ2n) is 6.00. The van der Waals surface area contributed by atoms with Crippen LogP contribution in [-0.2, 0) is 4.79 Å². The summed E-state index contributed by atoms with van der Waals surface area (Å²) < 4.78 is 0. The van der Waals surface area contributed by atoms with Gasteiger partial charge in [0.2, 0.25) is 5.91 Å². The molecule has 17 heavy (non-hydrogen) atoms. The van der Waals surface area contributed by atoms with Gasteiger partial charge in [-0.1, -0.05) is 12.8 Å². The molecule has 3 rings (SSSR count). The molecule has 0 bridgehead atoms. The van der Waals surface area contributed by atoms with Crippen LogP contribution in [0.4, 0.5) is 0 Å². The van der Waals surface area contributed by atoms with E-state index in [9.17, 15) is 4.79 Å². The SMILES string of the molecule is O=C(CNC1CC1)N1CCCC2CCCCC21. The van der Waals surface area contributed by atoms with Crippen molar-refractivity contribution in [3.8, 4) is 0 Å². The first-order chi connectivity index (χ1) is 8.34. The molecule has 2 saturated carbocycles. The van der Waals surface area contributed by atoms with E-state index in [-0.39, 0.29) is 0 Å². The second-order valence-corrected chi connectivity index (χ2v) is 6.00. The number of rotatable bonds is 3. The van der Waals surface area contributed by atoms with Gasteiger partial charge in [0.15, 0.2) is 0 Å². The molecule has 2 atom stereocenters. The van der Waals surface area contributed by atoms with Gasteiger partial charge in [-0.3, -0.25) is 4.79 Å². The molecular formula is C14H24N2O. The minimum Gasteiger partial charge on any atom is -0.338 e. The maximum atomic E-state index is 12.2. The molecule has 1 N–H and O–H groups in total. The van der Waals surface area contributed by atoms with Crippen molar-refractivity contribution in [2.24, 2.45) is 5.92 Å². The molecule has 0 radical (unpaired) electrons. The van der Waals surface area contributed by atoms with Crippen molar-refractivity contribution in [2.45, 2.75) is 63.5 Å². The summed E-state index contributed by atoms with van der Waals surface area (Å²) in [6, 6.07) is 1.22. The molecule has 3 heteroatoms. The molecule has 1 aliphatic heterocycles. The Balaban J connectivity index is 1.57. The summed E-state index contributed by atoms with van der Waals surface area (Å²) in [5.74, 6) is 1.16. The van der Waals surface area contributed by atoms with Crippen molar-refractivity contribution in [1.82, 2.24) is 10.2 Å². The minimum atomic E-state index is 0.355. The molecule has 1 amide bonds. The molecule has 3 aliphatic rings. The Morgan fingerprint density at radius 2 is 1.82 bits per heavy atom. The van der Waals surface area contributed by atoms with Crippen LogP contribution >= 0.6 is 0 Å². The third-order valence-electron chi connectivity index (χ3n) is 4.68. The zero-order chi connectivity index (χ0) is 11.7. The van der Waals surface area contributed by atoms with Crippen molar-refractivity contribution < 1.29 is 4.79 Å². The van der Waals surface area contributed by atoms with Gasteiger partial charge >= 0.3 is 0 Å². The normalized spacial score (nSPS) is 33.3. The monoisotopic (exact) mass is 236 g/mol. The highest BCUT2D eigenvalue weighted by molar-refractivity contribution is 5.78. The van der Waals surface area contributed by atoms with E-state index in [4.69, 9.17) is 0 Å². The van der Waals surface area contributed by atoms with E-state index in [1.807, 2.05) is 0 Å². The van der Waals surface area contributed by atoms with Crippen LogP contribution in [0.3, 0.4) is 0 Å². The van der Waals surface area contributed by atoms with Gasteiger partial charge in [-0.05, 0) is 44.4 Å². The fraction of sp³-hybridized carbons (Fsp3) is 0.929. The van der Waals surface area contributed by atoms with Gasteiger partial charge in [0, 0.05) is 18.6 Å². The molecule has 0 aromatic heterocycles. The molecule has 0 aromatic rings. The summed E-state index contributed by atoms with van der Waals surface area (Å²) in [4.78, 5) is 14.4. The van der Waals surface area contributed by atoms with Gasteiger partial charge in [-0.15, -0.1) is 0 Å². The highest BCUT2D eigenvalue weighted by atomic mass is 16.2. The Kier molecular flexibility index (Phi) is 3.37. The van der Waals surface area contributed by atoms with Crippen molar-refractivity contribution >= 4 is 5.91 Å². The zero-order valence-electron chi connectivity index (χ0n) is 10.7. The third-order valence-corrected chi connectivity index (χ3v) is 4.68. The summed E-state index contributed by atoms with van der Waals surface area (Å²) in [6.07, 6.45) is 10.4. The Labute approximate surface area is 104 Å². The van der Waals surface area contributed by atoms with E-state index in [1.165, 1.54) is 51.4 Å². The van der Waals surface area contributed by atoms with E-state index in [2.05, 4.69) is 10.2 Å². The number of fused-ring (bicyclic) bond motifs is 1. The Hall–Kier alpha value is -0.570. The van der Waals surface area contributed by atoms with Crippen molar-refractivity contribution in [3.05, 3.63) is 0 Å². The number of nitrogens with zero attached hydrogens (tertiary/aromatic N) is 1. The lowest BCUT2D eigenvalue weighted by molar-refractivity contribution is -0.136. The summed E-state index contributed by atoms with van der Waals surface area (Å²) in [7, 11) is 0. The van der Waals surface area contributed by atoms with Gasteiger partial charge in [0.25, 0.3) is 0 Å². The molecule has 96 valence electrons. The standard InChI is InChI=1S/C14H24N2O/c17-14(10-15-12-7-8-12)16-9-3-5-11-4-1-2-6-13(11)16/h11-13,15H,1-10H2. The molecule has 3 nitrogen and oxygen atoms in total. The average molecular weight is 236 g/mol. The van der Waals surface area contributed by atoms with E-state index in [0.29, 0.717) is 24.5 Å². The molecule has 3 fully saturated rings. The number of piperidine rings is 1. The Morgan fingerprint density at radius 3 is 2.65 bits per heavy atom. The van der Waals surface area contributed by atoms with Crippen LogP contribution in [0, 0.1) is 5.92 Å². The van der Waals surface area contributed by atoms with E-state index < -0.39 is 0 Å². The first-order valence-electron chi connectivity index (χ1n) is 7.37. The van der Waals surface area contributed by atoms with Crippen LogP contribution in [0.25, 0.3) is 0 Å². The van der Waals surface area contributed by atoms with Crippen molar-refractivity contribution in [2.75, 3.05) is 13.1 Å². The summed E-state index contributed by atoms with van der Waals surface area (Å²) in [6.45, 7) is 1.58. The maximum Gasteiger partial charge on any atom is 0.236 e. The molecule has 2 unspecified atom stereocenters. The Morgan fingerprint density at radius 1 is 1.06 bits per heavy atom. The smallest absolute Gasteiger partial charge is 0.236 e. The maximum absolute atomic E-state index is 12.2. The summed E-state index contributed by atoms with van der Waals surface area (Å²) in [5.41, 5.74) is 0.